The van der Waals surface area contributed by atoms with Gasteiger partial charge in [0.1, 0.15) is 0 Å². The third kappa shape index (κ3) is 13.6. The summed E-state index contributed by atoms with van der Waals surface area (Å²) in [5.41, 5.74) is 0. The Bertz CT molecular complexity index is 820. The van der Waals surface area contributed by atoms with E-state index in [4.69, 9.17) is 0 Å². The van der Waals surface area contributed by atoms with Crippen LogP contribution >= 0.6 is 0 Å². The molecular weight excluding hydrogens is 613 g/mol. The maximum absolute atomic E-state index is 2.51. The Morgan fingerprint density at radius 3 is 0.863 bits per heavy atom. The summed E-state index contributed by atoms with van der Waals surface area (Å²) < 4.78 is 0. The van der Waals surface area contributed by atoms with Crippen LogP contribution in [0.3, 0.4) is 0 Å². The Hall–Kier alpha value is 0. The van der Waals surface area contributed by atoms with Crippen molar-refractivity contribution in [2.75, 3.05) is 0 Å². The lowest BCUT2D eigenvalue weighted by atomic mass is 9.51. The van der Waals surface area contributed by atoms with E-state index in [1.807, 2.05) is 0 Å². The van der Waals surface area contributed by atoms with E-state index in [2.05, 4.69) is 41.5 Å². The van der Waals surface area contributed by atoms with Crippen molar-refractivity contribution in [2.24, 2.45) is 82.9 Å². The van der Waals surface area contributed by atoms with E-state index in [-0.39, 0.29) is 0 Å². The fraction of sp³-hybridized carbons (Fsp3) is 1.00. The van der Waals surface area contributed by atoms with Gasteiger partial charge >= 0.3 is 0 Å². The van der Waals surface area contributed by atoms with Crippen molar-refractivity contribution in [1.29, 1.82) is 0 Å². The summed E-state index contributed by atoms with van der Waals surface area (Å²) in [6.07, 6.45) is 47.2. The summed E-state index contributed by atoms with van der Waals surface area (Å²) >= 11 is 0. The Kier molecular flexibility index (Phi) is 18.6. The molecule has 0 heterocycles. The zero-order valence-electron chi connectivity index (χ0n) is 36.0. The van der Waals surface area contributed by atoms with Crippen LogP contribution in [0.15, 0.2) is 0 Å². The van der Waals surface area contributed by atoms with Gasteiger partial charge in [-0.05, 0) is 147 Å². The maximum atomic E-state index is 2.51. The van der Waals surface area contributed by atoms with Gasteiger partial charge < -0.3 is 0 Å². The molecule has 0 saturated heterocycles. The van der Waals surface area contributed by atoms with E-state index in [0.29, 0.717) is 0 Å². The van der Waals surface area contributed by atoms with Crippen LogP contribution in [0.25, 0.3) is 0 Å². The van der Waals surface area contributed by atoms with Crippen LogP contribution < -0.4 is 0 Å². The van der Waals surface area contributed by atoms with E-state index >= 15 is 0 Å². The van der Waals surface area contributed by atoms with Crippen LogP contribution in [-0.4, -0.2) is 0 Å². The molecule has 0 unspecified atom stereocenters. The Labute approximate surface area is 322 Å². The van der Waals surface area contributed by atoms with Gasteiger partial charge in [0.25, 0.3) is 0 Å². The normalized spacial score (nSPS) is 39.6. The first kappa shape index (κ1) is 42.1. The highest BCUT2D eigenvalue weighted by Crippen LogP contribution is 2.58. The van der Waals surface area contributed by atoms with Crippen molar-refractivity contribution in [3.63, 3.8) is 0 Å². The lowest BCUT2D eigenvalue weighted by Crippen LogP contribution is -2.44. The molecule has 0 radical (unpaired) electrons. The predicted octanol–water partition coefficient (Wildman–Crippen LogP) is 16.9. The topological polar surface area (TPSA) is 0 Å². The standard InChI is InChI=1S/C12H20.C11H18.C8H16.2C7H14.C6H12/c1-2-12-10-4-8-3-9(6-10)7-11(12)5-8;1-7-10-3-8-2-9(5-10)6-11(7)4-8;1-2-8-6-4-3-5-7-8;1-7-5-3-2-4-6-7;1-2-7-5-3-4-6-7;1-6-4-2-3-5-6/h8-12H,2-7H2,1H3;7-11H,2-6H2,1H3;8H,2-7H2,1H3;2*7H,2-6H2,1H3;6H,2-5H2,1H3. The second kappa shape index (κ2) is 22.5. The average Bonchev–Trinajstić information content (AvgIpc) is 3.87. The fourth-order valence-electron chi connectivity index (χ4n) is 14.4. The van der Waals surface area contributed by atoms with Crippen LogP contribution in [-0.2, 0) is 0 Å². The van der Waals surface area contributed by atoms with Crippen molar-refractivity contribution in [3.8, 4) is 0 Å². The zero-order chi connectivity index (χ0) is 36.0. The highest BCUT2D eigenvalue weighted by Gasteiger charge is 2.47. The van der Waals surface area contributed by atoms with Crippen molar-refractivity contribution < 1.29 is 0 Å². The summed E-state index contributed by atoms with van der Waals surface area (Å²) in [6.45, 7) is 14.2. The van der Waals surface area contributed by atoms with E-state index in [9.17, 15) is 0 Å². The van der Waals surface area contributed by atoms with Gasteiger partial charge in [0.15, 0.2) is 0 Å². The molecule has 51 heavy (non-hydrogen) atoms. The quantitative estimate of drug-likeness (QED) is 0.274. The molecule has 0 aromatic carbocycles. The van der Waals surface area contributed by atoms with Gasteiger partial charge in [0.05, 0.1) is 0 Å². The average molecular weight is 707 g/mol. The number of rotatable bonds is 3. The zero-order valence-corrected chi connectivity index (χ0v) is 36.0. The lowest BCUT2D eigenvalue weighted by molar-refractivity contribution is -0.0376. The Balaban J connectivity index is 0.000000121. The van der Waals surface area contributed by atoms with Crippen molar-refractivity contribution in [2.45, 2.75) is 241 Å². The van der Waals surface area contributed by atoms with Crippen LogP contribution in [0.2, 0.25) is 0 Å². The van der Waals surface area contributed by atoms with Crippen LogP contribution in [0.1, 0.15) is 241 Å². The first-order valence-electron chi connectivity index (χ1n) is 24.8. The predicted molar refractivity (Wildman–Crippen MR) is 226 cm³/mol. The van der Waals surface area contributed by atoms with E-state index in [0.717, 1.165) is 82.9 Å². The first-order valence-corrected chi connectivity index (χ1v) is 24.8. The van der Waals surface area contributed by atoms with Crippen LogP contribution in [0, 0.1) is 82.9 Å². The summed E-state index contributed by atoms with van der Waals surface area (Å²) in [4.78, 5) is 0. The fourth-order valence-corrected chi connectivity index (χ4v) is 14.4. The smallest absolute Gasteiger partial charge is 0.0360 e. The third-order valence-electron chi connectivity index (χ3n) is 17.5. The summed E-state index contributed by atoms with van der Waals surface area (Å²) in [5.74, 6) is 15.7. The molecule has 0 N–H and O–H groups in total. The largest absolute Gasteiger partial charge is 0.0651 e. The van der Waals surface area contributed by atoms with Gasteiger partial charge in [-0.3, -0.25) is 0 Å². The molecule has 0 atom stereocenters. The van der Waals surface area contributed by atoms with Gasteiger partial charge in [0, 0.05) is 0 Å². The maximum Gasteiger partial charge on any atom is -0.0360 e. The molecule has 0 heteroatoms. The first-order chi connectivity index (χ1) is 24.8. The molecule has 0 nitrogen and oxygen atoms in total. The van der Waals surface area contributed by atoms with Crippen LogP contribution in [0.4, 0.5) is 0 Å². The van der Waals surface area contributed by atoms with Crippen molar-refractivity contribution in [1.82, 2.24) is 0 Å². The van der Waals surface area contributed by atoms with Crippen molar-refractivity contribution in [3.05, 3.63) is 0 Å². The molecule has 12 fully saturated rings. The second-order valence-corrected chi connectivity index (χ2v) is 21.4. The molecular formula is C51H94. The molecule has 298 valence electrons. The molecule has 0 aromatic heterocycles. The Morgan fingerprint density at radius 2 is 0.608 bits per heavy atom. The van der Waals surface area contributed by atoms with Gasteiger partial charge in [-0.2, -0.15) is 0 Å². The minimum Gasteiger partial charge on any atom is -0.0651 e. The molecule has 0 amide bonds. The highest BCUT2D eigenvalue weighted by atomic mass is 14.5. The summed E-state index contributed by atoms with van der Waals surface area (Å²) in [7, 11) is 0. The molecule has 12 saturated carbocycles. The van der Waals surface area contributed by atoms with Gasteiger partial charge in [0.2, 0.25) is 0 Å². The van der Waals surface area contributed by atoms with E-state index in [1.165, 1.54) is 135 Å². The lowest BCUT2D eigenvalue weighted by Gasteiger charge is -2.54. The molecule has 8 bridgehead atoms. The van der Waals surface area contributed by atoms with Crippen LogP contribution in [0.5, 0.6) is 0 Å². The summed E-state index contributed by atoms with van der Waals surface area (Å²) in [6, 6.07) is 0. The SMILES string of the molecule is CC1C2CC3CC(C2)CC1C3.CC1CCCC1.CC1CCCCC1.CCC1C2CC3CC(C2)CC1C3.CCC1CCCC1.CCC1CCCCC1. The minimum atomic E-state index is 1.04. The number of hydrogen-bond acceptors (Lipinski definition) is 0. The van der Waals surface area contributed by atoms with E-state index in [1.54, 1.807) is 64.2 Å². The van der Waals surface area contributed by atoms with E-state index < -0.39 is 0 Å². The van der Waals surface area contributed by atoms with Gasteiger partial charge in [-0.15, -0.1) is 0 Å². The molecule has 0 spiro atoms. The second-order valence-electron chi connectivity index (χ2n) is 21.4. The highest BCUT2D eigenvalue weighted by molar-refractivity contribution is 4.98. The minimum absolute atomic E-state index is 1.04. The molecule has 0 aliphatic heterocycles. The number of hydrogen-bond donors (Lipinski definition) is 0. The molecule has 12 aliphatic rings. The van der Waals surface area contributed by atoms with Gasteiger partial charge in [-0.25, -0.2) is 0 Å². The molecule has 0 aromatic rings. The Morgan fingerprint density at radius 1 is 0.314 bits per heavy atom. The molecule has 12 aliphatic carbocycles. The monoisotopic (exact) mass is 707 g/mol. The molecule has 12 rings (SSSR count). The summed E-state index contributed by atoms with van der Waals surface area (Å²) in [5, 5.41) is 0. The third-order valence-corrected chi connectivity index (χ3v) is 17.5. The van der Waals surface area contributed by atoms with Gasteiger partial charge in [-0.1, -0.05) is 176 Å². The van der Waals surface area contributed by atoms with Crippen molar-refractivity contribution >= 4 is 0 Å².